The molecule has 0 fully saturated rings. The Bertz CT molecular complexity index is 1400. The lowest BCUT2D eigenvalue weighted by Crippen LogP contribution is -2.32. The third-order valence-corrected chi connectivity index (χ3v) is 5.63. The van der Waals surface area contributed by atoms with E-state index in [1.165, 1.54) is 20.2 Å². The van der Waals surface area contributed by atoms with E-state index in [0.717, 1.165) is 21.4 Å². The standard InChI is InChI=1S/C24H25N7O5/c1-30(24(32)33)10-9-25-13-15-11-22(36-2)20(12-21(15)31(34)35)29-23-26-8-7-19(28-23)17-14-27-18-6-4-3-5-16(17)18/h3-8,11-12,14,25,27H,9-10,13H2,1-2H3,(H,32,33)(H,26,28,29). The van der Waals surface area contributed by atoms with E-state index in [2.05, 4.69) is 25.6 Å². The number of carbonyl (C=O) groups is 1. The highest BCUT2D eigenvalue weighted by Crippen LogP contribution is 2.35. The fourth-order valence-corrected chi connectivity index (χ4v) is 3.73. The van der Waals surface area contributed by atoms with Gasteiger partial charge >= 0.3 is 6.09 Å². The summed E-state index contributed by atoms with van der Waals surface area (Å²) in [4.78, 5) is 35.4. The van der Waals surface area contributed by atoms with Crippen molar-refractivity contribution in [3.8, 4) is 17.0 Å². The molecular weight excluding hydrogens is 466 g/mol. The number of ether oxygens (including phenoxy) is 1. The number of amides is 1. The third kappa shape index (κ3) is 5.33. The largest absolute Gasteiger partial charge is 0.495 e. The summed E-state index contributed by atoms with van der Waals surface area (Å²) in [5.41, 5.74) is 3.19. The summed E-state index contributed by atoms with van der Waals surface area (Å²) in [5, 5.41) is 27.8. The van der Waals surface area contributed by atoms with Gasteiger partial charge in [0.15, 0.2) is 0 Å². The van der Waals surface area contributed by atoms with Crippen LogP contribution < -0.4 is 15.4 Å². The highest BCUT2D eigenvalue weighted by atomic mass is 16.6. The number of methoxy groups -OCH3 is 1. The maximum atomic E-state index is 11.8. The number of fused-ring (bicyclic) bond motifs is 1. The van der Waals surface area contributed by atoms with Crippen molar-refractivity contribution in [3.63, 3.8) is 0 Å². The number of likely N-dealkylation sites (N-methyl/N-ethyl adjacent to an activating group) is 1. The number of aromatic amines is 1. The Morgan fingerprint density at radius 1 is 1.28 bits per heavy atom. The maximum Gasteiger partial charge on any atom is 0.407 e. The first-order chi connectivity index (χ1) is 17.4. The van der Waals surface area contributed by atoms with E-state index in [9.17, 15) is 14.9 Å². The first-order valence-electron chi connectivity index (χ1n) is 11.0. The summed E-state index contributed by atoms with van der Waals surface area (Å²) < 4.78 is 5.47. The van der Waals surface area contributed by atoms with E-state index < -0.39 is 11.0 Å². The summed E-state index contributed by atoms with van der Waals surface area (Å²) >= 11 is 0. The number of hydrogen-bond acceptors (Lipinski definition) is 8. The van der Waals surface area contributed by atoms with E-state index in [0.29, 0.717) is 29.2 Å². The number of nitro benzene ring substituents is 1. The number of para-hydroxylation sites is 1. The van der Waals surface area contributed by atoms with Crippen molar-refractivity contribution in [2.45, 2.75) is 6.54 Å². The first-order valence-corrected chi connectivity index (χ1v) is 11.0. The second-order valence-corrected chi connectivity index (χ2v) is 7.96. The predicted molar refractivity (Wildman–Crippen MR) is 135 cm³/mol. The summed E-state index contributed by atoms with van der Waals surface area (Å²) in [6.45, 7) is 0.730. The minimum absolute atomic E-state index is 0.120. The van der Waals surface area contributed by atoms with Crippen LogP contribution in [0, 0.1) is 10.1 Å². The van der Waals surface area contributed by atoms with Crippen molar-refractivity contribution in [2.75, 3.05) is 32.6 Å². The van der Waals surface area contributed by atoms with Crippen LogP contribution in [0.25, 0.3) is 22.2 Å². The Kier molecular flexibility index (Phi) is 7.25. The molecule has 1 amide bonds. The molecule has 186 valence electrons. The van der Waals surface area contributed by atoms with Crippen LogP contribution in [0.4, 0.5) is 22.1 Å². The van der Waals surface area contributed by atoms with E-state index in [1.54, 1.807) is 18.3 Å². The molecule has 2 heterocycles. The number of nitro groups is 1. The van der Waals surface area contributed by atoms with Gasteiger partial charge in [0, 0.05) is 67.2 Å². The number of H-pyrrole nitrogens is 1. The van der Waals surface area contributed by atoms with Crippen LogP contribution in [0.2, 0.25) is 0 Å². The van der Waals surface area contributed by atoms with Gasteiger partial charge in [-0.2, -0.15) is 0 Å². The van der Waals surface area contributed by atoms with Crippen LogP contribution in [0.15, 0.2) is 54.9 Å². The molecule has 0 aliphatic heterocycles. The molecule has 0 saturated carbocycles. The summed E-state index contributed by atoms with van der Waals surface area (Å²) in [6, 6.07) is 12.6. The molecule has 2 aromatic heterocycles. The Hall–Kier alpha value is -4.71. The summed E-state index contributed by atoms with van der Waals surface area (Å²) in [6.07, 6.45) is 2.44. The molecule has 0 aliphatic carbocycles. The second-order valence-electron chi connectivity index (χ2n) is 7.96. The normalized spacial score (nSPS) is 10.8. The highest BCUT2D eigenvalue weighted by molar-refractivity contribution is 5.94. The van der Waals surface area contributed by atoms with Gasteiger partial charge in [-0.05, 0) is 18.2 Å². The molecule has 0 saturated heterocycles. The Labute approximate surface area is 206 Å². The lowest BCUT2D eigenvalue weighted by molar-refractivity contribution is -0.385. The molecule has 12 heteroatoms. The fraction of sp³-hybridized carbons (Fsp3) is 0.208. The number of rotatable bonds is 10. The van der Waals surface area contributed by atoms with Crippen LogP contribution in [0.3, 0.4) is 0 Å². The average molecular weight is 492 g/mol. The van der Waals surface area contributed by atoms with Crippen LogP contribution in [0.5, 0.6) is 5.75 Å². The molecule has 0 bridgehead atoms. The van der Waals surface area contributed by atoms with Gasteiger partial charge in [0.2, 0.25) is 5.95 Å². The van der Waals surface area contributed by atoms with Gasteiger partial charge in [0.05, 0.1) is 23.4 Å². The van der Waals surface area contributed by atoms with Crippen molar-refractivity contribution in [1.29, 1.82) is 0 Å². The minimum atomic E-state index is -1.05. The number of hydrogen-bond donors (Lipinski definition) is 4. The molecule has 0 atom stereocenters. The van der Waals surface area contributed by atoms with Crippen molar-refractivity contribution < 1.29 is 19.6 Å². The van der Waals surface area contributed by atoms with E-state index >= 15 is 0 Å². The Morgan fingerprint density at radius 2 is 2.08 bits per heavy atom. The maximum absolute atomic E-state index is 11.8. The Morgan fingerprint density at radius 3 is 2.83 bits per heavy atom. The van der Waals surface area contributed by atoms with Crippen molar-refractivity contribution >= 4 is 34.3 Å². The van der Waals surface area contributed by atoms with Gasteiger partial charge < -0.3 is 30.4 Å². The number of aromatic nitrogens is 3. The average Bonchev–Trinajstić information content (AvgIpc) is 3.31. The number of anilines is 2. The third-order valence-electron chi connectivity index (χ3n) is 5.63. The smallest absolute Gasteiger partial charge is 0.407 e. The second kappa shape index (κ2) is 10.7. The minimum Gasteiger partial charge on any atom is -0.495 e. The zero-order valence-corrected chi connectivity index (χ0v) is 19.7. The van der Waals surface area contributed by atoms with Crippen molar-refractivity contribution in [3.05, 3.63) is 70.5 Å². The lowest BCUT2D eigenvalue weighted by Gasteiger charge is -2.15. The van der Waals surface area contributed by atoms with Crippen molar-refractivity contribution in [1.82, 2.24) is 25.2 Å². The van der Waals surface area contributed by atoms with Crippen LogP contribution in [-0.2, 0) is 6.54 Å². The predicted octanol–water partition coefficient (Wildman–Crippen LogP) is 3.98. The number of benzene rings is 2. The molecule has 2 aromatic carbocycles. The summed E-state index contributed by atoms with van der Waals surface area (Å²) in [7, 11) is 2.92. The van der Waals surface area contributed by atoms with Crippen LogP contribution >= 0.6 is 0 Å². The topological polar surface area (TPSA) is 159 Å². The molecule has 0 unspecified atom stereocenters. The van der Waals surface area contributed by atoms with Crippen LogP contribution in [0.1, 0.15) is 5.56 Å². The van der Waals surface area contributed by atoms with E-state index in [-0.39, 0.29) is 24.7 Å². The first kappa shape index (κ1) is 24.4. The quantitative estimate of drug-likeness (QED) is 0.146. The zero-order chi connectivity index (χ0) is 25.7. The molecule has 4 aromatic rings. The molecule has 0 radical (unpaired) electrons. The molecule has 4 rings (SSSR count). The molecule has 0 aliphatic rings. The Balaban J connectivity index is 1.57. The van der Waals surface area contributed by atoms with Gasteiger partial charge in [-0.3, -0.25) is 10.1 Å². The monoisotopic (exact) mass is 491 g/mol. The van der Waals surface area contributed by atoms with Gasteiger partial charge in [0.1, 0.15) is 5.75 Å². The zero-order valence-electron chi connectivity index (χ0n) is 19.7. The van der Waals surface area contributed by atoms with Crippen LogP contribution in [-0.4, -0.2) is 63.2 Å². The van der Waals surface area contributed by atoms with Gasteiger partial charge in [-0.25, -0.2) is 14.8 Å². The molecule has 12 nitrogen and oxygen atoms in total. The molecule has 4 N–H and O–H groups in total. The van der Waals surface area contributed by atoms with Gasteiger partial charge in [-0.1, -0.05) is 18.2 Å². The van der Waals surface area contributed by atoms with Crippen molar-refractivity contribution in [2.24, 2.45) is 0 Å². The van der Waals surface area contributed by atoms with E-state index in [4.69, 9.17) is 9.84 Å². The molecule has 0 spiro atoms. The van der Waals surface area contributed by atoms with Gasteiger partial charge in [0.25, 0.3) is 5.69 Å². The molecular formula is C24H25N7O5. The molecule has 36 heavy (non-hydrogen) atoms. The number of carboxylic acid groups (broad SMARTS) is 1. The lowest BCUT2D eigenvalue weighted by atomic mass is 10.1. The number of nitrogens with one attached hydrogen (secondary N) is 3. The van der Waals surface area contributed by atoms with Gasteiger partial charge in [-0.15, -0.1) is 0 Å². The highest BCUT2D eigenvalue weighted by Gasteiger charge is 2.20. The SMILES string of the molecule is COc1cc(CNCCN(C)C(=O)O)c([N+](=O)[O-])cc1Nc1nccc(-c2c[nH]c3ccccc23)n1. The van der Waals surface area contributed by atoms with E-state index in [1.807, 2.05) is 30.5 Å². The number of nitrogens with zero attached hydrogens (tertiary/aromatic N) is 4. The fourth-order valence-electron chi connectivity index (χ4n) is 3.73. The summed E-state index contributed by atoms with van der Waals surface area (Å²) in [5.74, 6) is 0.633.